The molecular formula is C47H62F8N10O5P2. The van der Waals surface area contributed by atoms with Gasteiger partial charge in [-0.15, -0.1) is 14.0 Å². The monoisotopic (exact) mass is 1060 g/mol. The fraction of sp³-hybridized carbons (Fsp3) is 0.553. The Labute approximate surface area is 414 Å². The summed E-state index contributed by atoms with van der Waals surface area (Å²) in [6.45, 7) is 14.8. The molecular weight excluding hydrogens is 999 g/mol. The van der Waals surface area contributed by atoms with Gasteiger partial charge in [0.05, 0.1) is 19.7 Å². The number of piperazine rings is 1. The van der Waals surface area contributed by atoms with Gasteiger partial charge in [-0.3, -0.25) is 9.80 Å². The van der Waals surface area contributed by atoms with E-state index in [-0.39, 0.29) is 43.6 Å². The van der Waals surface area contributed by atoms with Crippen molar-refractivity contribution in [2.45, 2.75) is 83.1 Å². The Morgan fingerprint density at radius 3 is 1.74 bits per heavy atom. The molecule has 0 N–H and O–H groups in total. The molecule has 0 spiro atoms. The molecule has 2 amide bonds. The number of aromatic nitrogens is 3. The summed E-state index contributed by atoms with van der Waals surface area (Å²) >= 11 is 0. The molecule has 396 valence electrons. The zero-order valence-electron chi connectivity index (χ0n) is 40.3. The molecule has 4 aromatic rings. The van der Waals surface area contributed by atoms with Crippen LogP contribution in [0.15, 0.2) is 79.4 Å². The van der Waals surface area contributed by atoms with Crippen LogP contribution in [0.25, 0.3) is 0 Å². The normalized spacial score (nSPS) is 24.8. The standard InChI is InChI=1S/C47H62F2N10O5P.F6P/c1-36(2)59-44(64-65(55-19-3-4-20-55,56-21-5-6-22-56)57-23-7-8-24-57)30-58(46(59)60)40-12-10-38(11-13-40)52-25-27-53(28-26-52)39-14-16-41(17-15-39)61-31-45-62-33-47(63-45,32-54-35-50-34-51-54)42-18-9-37(48)29-43(42)49;1-7(2,3,4,5)6/h9-18,29,34-36,44-45H,3-8,19-28,30-33H2,1-2H3;/q+1;-1/t44?,45-,47+;/m0./s1. The van der Waals surface area contributed by atoms with E-state index in [0.717, 1.165) is 88.6 Å². The molecule has 6 aliphatic rings. The van der Waals surface area contributed by atoms with Crippen molar-refractivity contribution in [1.29, 1.82) is 0 Å². The summed E-state index contributed by atoms with van der Waals surface area (Å²) in [5, 5.41) is 4.16. The van der Waals surface area contributed by atoms with Crippen LogP contribution in [0.3, 0.4) is 0 Å². The maximum absolute atomic E-state index is 15.0. The molecule has 6 aliphatic heterocycles. The third-order valence-electron chi connectivity index (χ3n) is 13.8. The first-order chi connectivity index (χ1) is 34.1. The third kappa shape index (κ3) is 12.4. The Balaban J connectivity index is 0.000000853. The van der Waals surface area contributed by atoms with Crippen LogP contribution in [0.2, 0.25) is 0 Å². The van der Waals surface area contributed by atoms with Crippen molar-refractivity contribution in [3.05, 3.63) is 96.6 Å². The van der Waals surface area contributed by atoms with Crippen molar-refractivity contribution in [3.8, 4) is 5.75 Å². The van der Waals surface area contributed by atoms with Crippen LogP contribution in [-0.2, 0) is 26.1 Å². The molecule has 10 rings (SSSR count). The summed E-state index contributed by atoms with van der Waals surface area (Å²) in [6.07, 6.45) is 9.04. The van der Waals surface area contributed by atoms with Crippen LogP contribution in [-0.4, -0.2) is 143 Å². The number of halogens is 8. The van der Waals surface area contributed by atoms with Crippen LogP contribution in [0.1, 0.15) is 57.9 Å². The number of nitrogens with zero attached hydrogens (tertiary/aromatic N) is 10. The summed E-state index contributed by atoms with van der Waals surface area (Å²) in [6, 6.07) is 19.9. The average molecular weight is 1060 g/mol. The minimum atomic E-state index is -10.7. The van der Waals surface area contributed by atoms with E-state index in [2.05, 4.69) is 84.1 Å². The van der Waals surface area contributed by atoms with E-state index in [0.29, 0.717) is 12.3 Å². The molecule has 0 bridgehead atoms. The van der Waals surface area contributed by atoms with Crippen molar-refractivity contribution in [2.75, 3.05) is 99.9 Å². The van der Waals surface area contributed by atoms with E-state index in [9.17, 15) is 34.4 Å². The molecule has 7 heterocycles. The number of anilines is 3. The molecule has 0 radical (unpaired) electrons. The van der Waals surface area contributed by atoms with Gasteiger partial charge in [0.25, 0.3) is 0 Å². The SMILES string of the molecule is CC(C)N1C(=O)N(c2ccc(N3CCN(c4ccc(OC[C@H]5OC[C@](Cn6cncn6)(c6ccc(F)cc6F)O5)cc4)CC3)cc2)CC1O[P+](N1CCCC1)(N1CCCC1)N1CCCC1.F[P-](F)(F)(F)(F)F. The minimum absolute atomic E-state index is 0.0111. The van der Waals surface area contributed by atoms with Gasteiger partial charge in [-0.25, -0.2) is 23.2 Å². The predicted octanol–water partition coefficient (Wildman–Crippen LogP) is 10.6. The second-order valence-electron chi connectivity index (χ2n) is 19.3. The number of hydrogen-bond acceptors (Lipinski definition) is 12. The Bertz CT molecular complexity index is 2410. The molecule has 6 fully saturated rings. The number of amides is 2. The van der Waals surface area contributed by atoms with E-state index in [1.807, 2.05) is 21.9 Å². The Morgan fingerprint density at radius 2 is 1.25 bits per heavy atom. The molecule has 1 unspecified atom stereocenters. The molecule has 3 atom stereocenters. The van der Waals surface area contributed by atoms with Crippen molar-refractivity contribution in [1.82, 2.24) is 33.7 Å². The molecule has 25 heteroatoms. The first-order valence-corrected chi connectivity index (χ1v) is 28.1. The summed E-state index contributed by atoms with van der Waals surface area (Å²) < 4.78 is 124. The van der Waals surface area contributed by atoms with E-state index < -0.39 is 39.3 Å². The van der Waals surface area contributed by atoms with Crippen LogP contribution in [0.5, 0.6) is 5.75 Å². The number of carbonyl (C=O) groups is 1. The van der Waals surface area contributed by atoms with Crippen LogP contribution < -0.4 is 19.4 Å². The van der Waals surface area contributed by atoms with Gasteiger partial charge in [0.2, 0.25) is 6.23 Å². The summed E-state index contributed by atoms with van der Waals surface area (Å²) in [5.74, 6) is -0.738. The number of ether oxygens (including phenoxy) is 3. The quantitative estimate of drug-likeness (QED) is 0.0836. The molecule has 1 aromatic heterocycles. The van der Waals surface area contributed by atoms with Gasteiger partial charge < -0.3 is 24.0 Å². The van der Waals surface area contributed by atoms with Gasteiger partial charge in [-0.05, 0) is 107 Å². The van der Waals surface area contributed by atoms with Gasteiger partial charge in [0.1, 0.15) is 42.2 Å². The van der Waals surface area contributed by atoms with E-state index in [4.69, 9.17) is 18.7 Å². The molecule has 6 saturated heterocycles. The number of urea groups is 1. The number of rotatable bonds is 15. The molecule has 0 saturated carbocycles. The van der Waals surface area contributed by atoms with Crippen molar-refractivity contribution in [2.24, 2.45) is 0 Å². The van der Waals surface area contributed by atoms with Gasteiger partial charge in [0, 0.05) is 100 Å². The maximum atomic E-state index is 15.0. The first-order valence-electron chi connectivity index (χ1n) is 24.5. The molecule has 72 heavy (non-hydrogen) atoms. The zero-order chi connectivity index (χ0) is 51.0. The molecule has 15 nitrogen and oxygen atoms in total. The van der Waals surface area contributed by atoms with Gasteiger partial charge in [-0.1, -0.05) is 6.07 Å². The van der Waals surface area contributed by atoms with E-state index in [1.54, 1.807) is 0 Å². The van der Waals surface area contributed by atoms with E-state index >= 15 is 4.39 Å². The van der Waals surface area contributed by atoms with Crippen LogP contribution >= 0.6 is 15.8 Å². The van der Waals surface area contributed by atoms with Crippen molar-refractivity contribution < 1.29 is 57.5 Å². The average Bonchev–Trinajstić information content (AvgIpc) is 4.20. The molecule has 0 aliphatic carbocycles. The van der Waals surface area contributed by atoms with Crippen molar-refractivity contribution in [3.63, 3.8) is 0 Å². The van der Waals surface area contributed by atoms with Gasteiger partial charge in [0.15, 0.2) is 6.29 Å². The summed E-state index contributed by atoms with van der Waals surface area (Å²) in [4.78, 5) is 27.0. The number of hydrogen-bond donors (Lipinski definition) is 0. The van der Waals surface area contributed by atoms with Crippen molar-refractivity contribution >= 4 is 38.8 Å². The van der Waals surface area contributed by atoms with Crippen LogP contribution in [0.4, 0.5) is 55.8 Å². The van der Waals surface area contributed by atoms with Crippen LogP contribution in [0, 0.1) is 11.6 Å². The predicted molar refractivity (Wildman–Crippen MR) is 259 cm³/mol. The molecule has 3 aromatic carbocycles. The van der Waals surface area contributed by atoms with Gasteiger partial charge in [-0.2, -0.15) is 9.62 Å². The van der Waals surface area contributed by atoms with E-state index in [1.165, 1.54) is 68.0 Å². The second kappa shape index (κ2) is 20.3. The topological polar surface area (TPSA) is 107 Å². The Hall–Kier alpha value is -4.47. The zero-order valence-corrected chi connectivity index (χ0v) is 42.1. The first kappa shape index (κ1) is 52.4. The fourth-order valence-corrected chi connectivity index (χ4v) is 15.0. The Kier molecular flexibility index (Phi) is 14.8. The summed E-state index contributed by atoms with van der Waals surface area (Å²) in [7, 11) is -12.9. The number of carbonyl (C=O) groups excluding carboxylic acids is 1. The van der Waals surface area contributed by atoms with Gasteiger partial charge >= 0.3 is 47.0 Å². The number of benzene rings is 3. The second-order valence-corrected chi connectivity index (χ2v) is 24.1. The third-order valence-corrected chi connectivity index (χ3v) is 17.8. The fourth-order valence-electron chi connectivity index (χ4n) is 10.6. The Morgan fingerprint density at radius 1 is 0.736 bits per heavy atom. The summed E-state index contributed by atoms with van der Waals surface area (Å²) in [5.41, 5.74) is 2.09.